The molecule has 26 heavy (non-hydrogen) atoms. The van der Waals surface area contributed by atoms with Gasteiger partial charge in [-0.05, 0) is 36.0 Å². The zero-order valence-electron chi connectivity index (χ0n) is 12.6. The molecule has 2 aromatic heterocycles. The van der Waals surface area contributed by atoms with E-state index in [0.29, 0.717) is 16.2 Å². The molecule has 0 aliphatic rings. The first-order valence-corrected chi connectivity index (χ1v) is 8.74. The third-order valence-corrected chi connectivity index (χ3v) is 5.62. The van der Waals surface area contributed by atoms with Crippen molar-refractivity contribution in [2.75, 3.05) is 0 Å². The van der Waals surface area contributed by atoms with Crippen LogP contribution in [-0.4, -0.2) is 19.5 Å². The summed E-state index contributed by atoms with van der Waals surface area (Å²) < 4.78 is 41.2. The van der Waals surface area contributed by atoms with E-state index in [1.807, 2.05) is 24.3 Å². The molecule has 0 aliphatic heterocycles. The van der Waals surface area contributed by atoms with E-state index in [1.165, 1.54) is 11.3 Å². The van der Waals surface area contributed by atoms with E-state index in [-0.39, 0.29) is 4.90 Å². The summed E-state index contributed by atoms with van der Waals surface area (Å²) >= 11 is 2.31. The van der Waals surface area contributed by atoms with Gasteiger partial charge in [0.05, 0.1) is 25.6 Å². The SMILES string of the molecule is O=[N+]([O-])c1cc(C(F)(F)F)ccc1Sc1nnc2sc3ccccc3n12. The molecule has 0 amide bonds. The van der Waals surface area contributed by atoms with E-state index in [2.05, 4.69) is 10.2 Å². The molecule has 0 saturated heterocycles. The number of alkyl halides is 3. The maximum absolute atomic E-state index is 12.8. The highest BCUT2D eigenvalue weighted by Crippen LogP contribution is 2.40. The second kappa shape index (κ2) is 5.95. The van der Waals surface area contributed by atoms with Crippen LogP contribution in [-0.2, 0) is 6.18 Å². The molecule has 2 aromatic carbocycles. The molecule has 0 spiro atoms. The lowest BCUT2D eigenvalue weighted by Gasteiger charge is -2.08. The normalized spacial score (nSPS) is 12.1. The van der Waals surface area contributed by atoms with Crippen LogP contribution in [0.5, 0.6) is 0 Å². The average Bonchev–Trinajstić information content (AvgIpc) is 3.14. The second-order valence-corrected chi connectivity index (χ2v) is 7.23. The highest BCUT2D eigenvalue weighted by molar-refractivity contribution is 7.99. The molecule has 0 unspecified atom stereocenters. The van der Waals surface area contributed by atoms with Gasteiger partial charge in [-0.3, -0.25) is 14.5 Å². The van der Waals surface area contributed by atoms with E-state index in [4.69, 9.17) is 0 Å². The summed E-state index contributed by atoms with van der Waals surface area (Å²) in [5.74, 6) is 0. The van der Waals surface area contributed by atoms with Crippen LogP contribution in [0.25, 0.3) is 15.2 Å². The lowest BCUT2D eigenvalue weighted by atomic mass is 10.2. The number of nitrogens with zero attached hydrogens (tertiary/aromatic N) is 4. The van der Waals surface area contributed by atoms with Gasteiger partial charge in [0.25, 0.3) is 5.69 Å². The Morgan fingerprint density at radius 1 is 1.15 bits per heavy atom. The number of hydrogen-bond acceptors (Lipinski definition) is 6. The van der Waals surface area contributed by atoms with Gasteiger partial charge >= 0.3 is 6.18 Å². The van der Waals surface area contributed by atoms with E-state index in [9.17, 15) is 23.3 Å². The van der Waals surface area contributed by atoms with Crippen molar-refractivity contribution < 1.29 is 18.1 Å². The molecule has 2 heterocycles. The number of hydrogen-bond donors (Lipinski definition) is 0. The number of fused-ring (bicyclic) bond motifs is 3. The first-order valence-electron chi connectivity index (χ1n) is 7.11. The highest BCUT2D eigenvalue weighted by Gasteiger charge is 2.33. The van der Waals surface area contributed by atoms with Gasteiger partial charge < -0.3 is 0 Å². The van der Waals surface area contributed by atoms with Crippen molar-refractivity contribution in [1.82, 2.24) is 14.6 Å². The lowest BCUT2D eigenvalue weighted by molar-refractivity contribution is -0.388. The van der Waals surface area contributed by atoms with Crippen LogP contribution in [0.1, 0.15) is 5.56 Å². The van der Waals surface area contributed by atoms with Crippen LogP contribution in [0.4, 0.5) is 18.9 Å². The summed E-state index contributed by atoms with van der Waals surface area (Å²) in [6.45, 7) is 0. The molecule has 0 bridgehead atoms. The van der Waals surface area contributed by atoms with Crippen LogP contribution in [0.2, 0.25) is 0 Å². The Labute approximate surface area is 151 Å². The van der Waals surface area contributed by atoms with E-state index in [0.717, 1.165) is 34.1 Å². The van der Waals surface area contributed by atoms with E-state index in [1.54, 1.807) is 4.40 Å². The molecular formula is C15H7F3N4O2S2. The number of thiazole rings is 1. The summed E-state index contributed by atoms with van der Waals surface area (Å²) in [5, 5.41) is 19.6. The maximum atomic E-state index is 12.8. The fourth-order valence-corrected chi connectivity index (χ4v) is 4.39. The van der Waals surface area contributed by atoms with Crippen LogP contribution in [0.15, 0.2) is 52.5 Å². The Balaban J connectivity index is 1.82. The summed E-state index contributed by atoms with van der Waals surface area (Å²) in [7, 11) is 0. The predicted octanol–water partition coefficient (Wildman–Crippen LogP) is 5.02. The minimum absolute atomic E-state index is 0.0626. The molecule has 4 aromatic rings. The van der Waals surface area contributed by atoms with Gasteiger partial charge in [-0.25, -0.2) is 0 Å². The van der Waals surface area contributed by atoms with Crippen molar-refractivity contribution in [3.63, 3.8) is 0 Å². The largest absolute Gasteiger partial charge is 0.416 e. The second-order valence-electron chi connectivity index (χ2n) is 5.21. The number of nitro benzene ring substituents is 1. The van der Waals surface area contributed by atoms with Gasteiger partial charge in [0.2, 0.25) is 10.1 Å². The summed E-state index contributed by atoms with van der Waals surface area (Å²) in [6, 6.07) is 9.91. The first kappa shape index (κ1) is 16.8. The highest BCUT2D eigenvalue weighted by atomic mass is 32.2. The topological polar surface area (TPSA) is 73.3 Å². The molecular weight excluding hydrogens is 389 g/mol. The number of benzene rings is 2. The summed E-state index contributed by atoms with van der Waals surface area (Å²) in [5.41, 5.74) is -0.864. The molecule has 0 atom stereocenters. The average molecular weight is 396 g/mol. The summed E-state index contributed by atoms with van der Waals surface area (Å²) in [4.78, 5) is 11.1. The van der Waals surface area contributed by atoms with Gasteiger partial charge in [0.1, 0.15) is 0 Å². The molecule has 132 valence electrons. The molecule has 0 saturated carbocycles. The van der Waals surface area contributed by atoms with Crippen molar-refractivity contribution in [2.45, 2.75) is 16.2 Å². The fraction of sp³-hybridized carbons (Fsp3) is 0.0667. The van der Waals surface area contributed by atoms with E-state index >= 15 is 0 Å². The molecule has 6 nitrogen and oxygen atoms in total. The minimum Gasteiger partial charge on any atom is -0.260 e. The van der Waals surface area contributed by atoms with Crippen molar-refractivity contribution >= 4 is 44.0 Å². The quantitative estimate of drug-likeness (QED) is 0.359. The molecule has 0 aliphatic carbocycles. The molecule has 0 N–H and O–H groups in total. The number of halogens is 3. The number of aromatic nitrogens is 3. The van der Waals surface area contributed by atoms with Crippen molar-refractivity contribution in [2.24, 2.45) is 0 Å². The van der Waals surface area contributed by atoms with Gasteiger partial charge in [-0.1, -0.05) is 23.5 Å². The Kier molecular flexibility index (Phi) is 3.84. The van der Waals surface area contributed by atoms with Crippen LogP contribution in [0, 0.1) is 10.1 Å². The fourth-order valence-electron chi connectivity index (χ4n) is 2.44. The number of rotatable bonds is 3. The Morgan fingerprint density at radius 2 is 1.92 bits per heavy atom. The zero-order valence-corrected chi connectivity index (χ0v) is 14.2. The van der Waals surface area contributed by atoms with Crippen LogP contribution < -0.4 is 0 Å². The summed E-state index contributed by atoms with van der Waals surface area (Å²) in [6.07, 6.45) is -4.65. The lowest BCUT2D eigenvalue weighted by Crippen LogP contribution is -2.06. The van der Waals surface area contributed by atoms with Crippen LogP contribution in [0.3, 0.4) is 0 Å². The smallest absolute Gasteiger partial charge is 0.260 e. The van der Waals surface area contributed by atoms with Gasteiger partial charge in [-0.2, -0.15) is 13.2 Å². The Bertz CT molecular complexity index is 1150. The molecule has 0 radical (unpaired) electrons. The van der Waals surface area contributed by atoms with E-state index < -0.39 is 22.4 Å². The molecule has 11 heteroatoms. The van der Waals surface area contributed by atoms with Crippen LogP contribution >= 0.6 is 23.1 Å². The molecule has 4 rings (SSSR count). The minimum atomic E-state index is -4.65. The van der Waals surface area contributed by atoms with Gasteiger partial charge in [0, 0.05) is 6.07 Å². The maximum Gasteiger partial charge on any atom is 0.416 e. The number of para-hydroxylation sites is 1. The van der Waals surface area contributed by atoms with Gasteiger partial charge in [-0.15, -0.1) is 10.2 Å². The zero-order chi connectivity index (χ0) is 18.5. The predicted molar refractivity (Wildman–Crippen MR) is 90.6 cm³/mol. The first-order chi connectivity index (χ1) is 12.3. The van der Waals surface area contributed by atoms with Crippen molar-refractivity contribution in [3.05, 3.63) is 58.1 Å². The molecule has 0 fully saturated rings. The van der Waals surface area contributed by atoms with Crippen molar-refractivity contribution in [1.29, 1.82) is 0 Å². The third-order valence-electron chi connectivity index (χ3n) is 3.60. The Morgan fingerprint density at radius 3 is 2.65 bits per heavy atom. The van der Waals surface area contributed by atoms with Crippen molar-refractivity contribution in [3.8, 4) is 0 Å². The van der Waals surface area contributed by atoms with Gasteiger partial charge in [0.15, 0.2) is 0 Å². The standard InChI is InChI=1S/C15H7F3N4O2S2/c16-15(17,18)8-5-6-12(10(7-8)22(23)24)26-14-20-19-13-21(14)9-3-1-2-4-11(9)25-13/h1-7H. The monoisotopic (exact) mass is 396 g/mol. The number of nitro groups is 1. The third kappa shape index (κ3) is 2.78. The Hall–Kier alpha value is -2.66.